The third-order valence-electron chi connectivity index (χ3n) is 3.68. The molecule has 2 aromatic rings. The average molecular weight is 253 g/mol. The molecule has 0 aromatic heterocycles. The molecule has 0 fully saturated rings. The lowest BCUT2D eigenvalue weighted by molar-refractivity contribution is 0.288. The summed E-state index contributed by atoms with van der Waals surface area (Å²) in [6, 6.07) is 15.1. The minimum Gasteiger partial charge on any atom is -0.493 e. The molecule has 0 spiro atoms. The van der Waals surface area contributed by atoms with Crippen molar-refractivity contribution in [3.63, 3.8) is 0 Å². The second-order valence-electron chi connectivity index (χ2n) is 5.19. The SMILES string of the molecule is CC(N)c1ccc(-c2ccc3c(c2)CCCO3)cc1. The van der Waals surface area contributed by atoms with Crippen LogP contribution in [0.2, 0.25) is 0 Å². The lowest BCUT2D eigenvalue weighted by Gasteiger charge is -2.18. The zero-order chi connectivity index (χ0) is 13.2. The van der Waals surface area contributed by atoms with E-state index < -0.39 is 0 Å². The van der Waals surface area contributed by atoms with Crippen LogP contribution >= 0.6 is 0 Å². The number of ether oxygens (including phenoxy) is 1. The molecule has 0 aliphatic carbocycles. The van der Waals surface area contributed by atoms with Crippen LogP contribution in [0.4, 0.5) is 0 Å². The summed E-state index contributed by atoms with van der Waals surface area (Å²) in [6.45, 7) is 2.85. The second-order valence-corrected chi connectivity index (χ2v) is 5.19. The molecule has 1 aliphatic heterocycles. The number of hydrogen-bond donors (Lipinski definition) is 1. The van der Waals surface area contributed by atoms with Crippen LogP contribution in [0.25, 0.3) is 11.1 Å². The molecule has 3 rings (SSSR count). The van der Waals surface area contributed by atoms with Crippen LogP contribution in [0.3, 0.4) is 0 Å². The van der Waals surface area contributed by atoms with Gasteiger partial charge in [0.05, 0.1) is 6.61 Å². The first kappa shape index (κ1) is 12.2. The Hall–Kier alpha value is -1.80. The molecule has 0 amide bonds. The predicted octanol–water partition coefficient (Wildman–Crippen LogP) is 3.70. The van der Waals surface area contributed by atoms with Gasteiger partial charge in [0.25, 0.3) is 0 Å². The van der Waals surface area contributed by atoms with E-state index in [1.54, 1.807) is 0 Å². The third kappa shape index (κ3) is 2.49. The summed E-state index contributed by atoms with van der Waals surface area (Å²) in [4.78, 5) is 0. The average Bonchev–Trinajstić information content (AvgIpc) is 2.47. The van der Waals surface area contributed by atoms with Crippen molar-refractivity contribution in [2.24, 2.45) is 5.73 Å². The van der Waals surface area contributed by atoms with Gasteiger partial charge in [-0.25, -0.2) is 0 Å². The molecule has 1 unspecified atom stereocenters. The first-order valence-corrected chi connectivity index (χ1v) is 6.86. The van der Waals surface area contributed by atoms with Crippen LogP contribution < -0.4 is 10.5 Å². The van der Waals surface area contributed by atoms with Crippen molar-refractivity contribution in [1.29, 1.82) is 0 Å². The van der Waals surface area contributed by atoms with Crippen LogP contribution in [0.5, 0.6) is 5.75 Å². The van der Waals surface area contributed by atoms with Crippen molar-refractivity contribution in [2.45, 2.75) is 25.8 Å². The molecule has 2 N–H and O–H groups in total. The summed E-state index contributed by atoms with van der Waals surface area (Å²) in [6.07, 6.45) is 2.22. The van der Waals surface area contributed by atoms with Crippen molar-refractivity contribution < 1.29 is 4.74 Å². The highest BCUT2D eigenvalue weighted by atomic mass is 16.5. The molecule has 0 saturated heterocycles. The zero-order valence-corrected chi connectivity index (χ0v) is 11.2. The summed E-state index contributed by atoms with van der Waals surface area (Å²) in [5, 5.41) is 0. The molecule has 1 atom stereocenters. The normalized spacial score (nSPS) is 15.5. The molecule has 2 nitrogen and oxygen atoms in total. The van der Waals surface area contributed by atoms with Crippen molar-refractivity contribution >= 4 is 0 Å². The van der Waals surface area contributed by atoms with E-state index in [0.717, 1.165) is 25.2 Å². The van der Waals surface area contributed by atoms with Crippen LogP contribution in [0.1, 0.15) is 30.5 Å². The van der Waals surface area contributed by atoms with Crippen LogP contribution in [-0.4, -0.2) is 6.61 Å². The molecular formula is C17H19NO. The molecule has 0 bridgehead atoms. The Morgan fingerprint density at radius 1 is 1.05 bits per heavy atom. The second kappa shape index (κ2) is 5.06. The molecule has 0 saturated carbocycles. The summed E-state index contributed by atoms with van der Waals surface area (Å²) >= 11 is 0. The van der Waals surface area contributed by atoms with Crippen LogP contribution in [0.15, 0.2) is 42.5 Å². The van der Waals surface area contributed by atoms with E-state index >= 15 is 0 Å². The lowest BCUT2D eigenvalue weighted by atomic mass is 9.97. The molecule has 98 valence electrons. The van der Waals surface area contributed by atoms with Gasteiger partial charge < -0.3 is 10.5 Å². The monoisotopic (exact) mass is 253 g/mol. The van der Waals surface area contributed by atoms with Crippen molar-refractivity contribution in [3.8, 4) is 16.9 Å². The van der Waals surface area contributed by atoms with E-state index in [0.29, 0.717) is 0 Å². The van der Waals surface area contributed by atoms with Gasteiger partial charge in [-0.05, 0) is 54.2 Å². The number of aryl methyl sites for hydroxylation is 1. The van der Waals surface area contributed by atoms with E-state index in [-0.39, 0.29) is 6.04 Å². The van der Waals surface area contributed by atoms with Gasteiger partial charge in [0, 0.05) is 6.04 Å². The summed E-state index contributed by atoms with van der Waals surface area (Å²) < 4.78 is 5.65. The highest BCUT2D eigenvalue weighted by Crippen LogP contribution is 2.30. The molecular weight excluding hydrogens is 234 g/mol. The molecule has 2 aromatic carbocycles. The third-order valence-corrected chi connectivity index (χ3v) is 3.68. The topological polar surface area (TPSA) is 35.2 Å². The summed E-state index contributed by atoms with van der Waals surface area (Å²) in [5.74, 6) is 1.04. The first-order valence-electron chi connectivity index (χ1n) is 6.86. The smallest absolute Gasteiger partial charge is 0.122 e. The maximum absolute atomic E-state index is 5.88. The minimum absolute atomic E-state index is 0.0889. The maximum atomic E-state index is 5.88. The van der Waals surface area contributed by atoms with Gasteiger partial charge in [-0.1, -0.05) is 30.3 Å². The Kier molecular flexibility index (Phi) is 3.26. The van der Waals surface area contributed by atoms with Gasteiger partial charge in [0.15, 0.2) is 0 Å². The zero-order valence-electron chi connectivity index (χ0n) is 11.2. The number of benzene rings is 2. The van der Waals surface area contributed by atoms with Crippen molar-refractivity contribution in [2.75, 3.05) is 6.61 Å². The van der Waals surface area contributed by atoms with E-state index in [2.05, 4.69) is 42.5 Å². The van der Waals surface area contributed by atoms with Gasteiger partial charge in [0.2, 0.25) is 0 Å². The van der Waals surface area contributed by atoms with E-state index in [9.17, 15) is 0 Å². The molecule has 0 radical (unpaired) electrons. The summed E-state index contributed by atoms with van der Waals surface area (Å²) in [7, 11) is 0. The fraction of sp³-hybridized carbons (Fsp3) is 0.294. The molecule has 19 heavy (non-hydrogen) atoms. The minimum atomic E-state index is 0.0889. The largest absolute Gasteiger partial charge is 0.493 e. The highest BCUT2D eigenvalue weighted by molar-refractivity contribution is 5.66. The number of fused-ring (bicyclic) bond motifs is 1. The summed E-state index contributed by atoms with van der Waals surface area (Å²) in [5.41, 5.74) is 10.9. The Bertz CT molecular complexity index is 572. The van der Waals surface area contributed by atoms with Crippen molar-refractivity contribution in [3.05, 3.63) is 53.6 Å². The van der Waals surface area contributed by atoms with Gasteiger partial charge in [-0.3, -0.25) is 0 Å². The van der Waals surface area contributed by atoms with Gasteiger partial charge in [-0.15, -0.1) is 0 Å². The fourth-order valence-electron chi connectivity index (χ4n) is 2.52. The quantitative estimate of drug-likeness (QED) is 0.885. The van der Waals surface area contributed by atoms with Gasteiger partial charge in [-0.2, -0.15) is 0 Å². The molecule has 1 aliphatic rings. The molecule has 1 heterocycles. The Labute approximate surface area is 114 Å². The van der Waals surface area contributed by atoms with Crippen molar-refractivity contribution in [1.82, 2.24) is 0 Å². The standard InChI is InChI=1S/C17H19NO/c1-12(18)13-4-6-14(7-5-13)15-8-9-17-16(11-15)3-2-10-19-17/h4-9,11-12H,2-3,10,18H2,1H3. The van der Waals surface area contributed by atoms with Gasteiger partial charge >= 0.3 is 0 Å². The van der Waals surface area contributed by atoms with E-state index in [1.807, 2.05) is 6.92 Å². The lowest BCUT2D eigenvalue weighted by Crippen LogP contribution is -2.08. The van der Waals surface area contributed by atoms with Gasteiger partial charge in [0.1, 0.15) is 5.75 Å². The Morgan fingerprint density at radius 2 is 1.79 bits per heavy atom. The Morgan fingerprint density at radius 3 is 2.53 bits per heavy atom. The maximum Gasteiger partial charge on any atom is 0.122 e. The van der Waals surface area contributed by atoms with Crippen LogP contribution in [0, 0.1) is 0 Å². The highest BCUT2D eigenvalue weighted by Gasteiger charge is 2.11. The number of hydrogen-bond acceptors (Lipinski definition) is 2. The van der Waals surface area contributed by atoms with Crippen LogP contribution in [-0.2, 0) is 6.42 Å². The first-order chi connectivity index (χ1) is 9.24. The molecule has 2 heteroatoms. The number of rotatable bonds is 2. The number of nitrogens with two attached hydrogens (primary N) is 1. The predicted molar refractivity (Wildman–Crippen MR) is 78.3 cm³/mol. The van der Waals surface area contributed by atoms with E-state index in [1.165, 1.54) is 22.3 Å². The van der Waals surface area contributed by atoms with E-state index in [4.69, 9.17) is 10.5 Å². The fourth-order valence-corrected chi connectivity index (χ4v) is 2.52. The Balaban J connectivity index is 1.93.